The molecule has 2 rings (SSSR count). The van der Waals surface area contributed by atoms with Crippen molar-refractivity contribution in [3.8, 4) is 0 Å². The lowest BCUT2D eigenvalue weighted by atomic mass is 10.1. The highest BCUT2D eigenvalue weighted by atomic mass is 31.2. The van der Waals surface area contributed by atoms with Crippen LogP contribution in [-0.4, -0.2) is 63.9 Å². The van der Waals surface area contributed by atoms with Crippen molar-refractivity contribution in [2.45, 2.75) is 31.0 Å². The van der Waals surface area contributed by atoms with Gasteiger partial charge in [-0.3, -0.25) is 0 Å². The van der Waals surface area contributed by atoms with Crippen LogP contribution in [-0.2, 0) is 11.8 Å². The zero-order valence-electron chi connectivity index (χ0n) is 13.0. The number of aromatic nitrogens is 3. The minimum absolute atomic E-state index is 0.559. The molecule has 4 atom stereocenters. The zero-order chi connectivity index (χ0) is 16.7. The Morgan fingerprint density at radius 2 is 2.05 bits per heavy atom. The quantitative estimate of drug-likeness (QED) is 0.440. The van der Waals surface area contributed by atoms with Crippen LogP contribution < -0.4 is 15.9 Å². The average Bonchev–Trinajstić information content (AvgIpc) is 2.68. The predicted molar refractivity (Wildman–Crippen MR) is 83.8 cm³/mol. The normalized spacial score (nSPS) is 29.0. The molecule has 2 heterocycles. The predicted octanol–water partition coefficient (Wildman–Crippen LogP) is -1.92. The Morgan fingerprint density at radius 3 is 2.64 bits per heavy atom. The summed E-state index contributed by atoms with van der Waals surface area (Å²) in [5, 5.41) is 20.3. The summed E-state index contributed by atoms with van der Waals surface area (Å²) in [5.41, 5.74) is -1.25. The Balaban J connectivity index is 2.23. The molecule has 1 fully saturated rings. The van der Waals surface area contributed by atoms with Crippen molar-refractivity contribution < 1.29 is 19.5 Å². The lowest BCUT2D eigenvalue weighted by molar-refractivity contribution is -0.694. The number of hydrogen-bond donors (Lipinski definition) is 3. The van der Waals surface area contributed by atoms with E-state index in [1.54, 1.807) is 0 Å². The largest absolute Gasteiger partial charge is 0.448 e. The van der Waals surface area contributed by atoms with Gasteiger partial charge in [-0.05, 0) is 25.9 Å². The Kier molecular flexibility index (Phi) is 4.77. The highest BCUT2D eigenvalue weighted by Gasteiger charge is 2.46. The summed E-state index contributed by atoms with van der Waals surface area (Å²) in [5.74, 6) is 0. The minimum atomic E-state index is -1.27. The van der Waals surface area contributed by atoms with E-state index in [1.165, 1.54) is 17.9 Å². The van der Waals surface area contributed by atoms with Gasteiger partial charge in [0.2, 0.25) is 12.6 Å². The maximum absolute atomic E-state index is 11.9. The van der Waals surface area contributed by atoms with Crippen LogP contribution in [0, 0.1) is 0 Å². The number of hydrogen-bond acceptors (Lipinski definition) is 5. The van der Waals surface area contributed by atoms with E-state index < -0.39 is 42.8 Å². The van der Waals surface area contributed by atoms with Crippen LogP contribution in [0.25, 0.3) is 0 Å². The van der Waals surface area contributed by atoms with E-state index >= 15 is 0 Å². The Bertz CT molecular complexity index is 706. The second-order valence-electron chi connectivity index (χ2n) is 6.36. The Morgan fingerprint density at radius 1 is 1.41 bits per heavy atom. The van der Waals surface area contributed by atoms with E-state index in [0.717, 1.165) is 10.7 Å². The third-order valence-corrected chi connectivity index (χ3v) is 5.17. The number of nitrogens with zero attached hydrogens (tertiary/aromatic N) is 2. The molecule has 1 aliphatic heterocycles. The van der Waals surface area contributed by atoms with Crippen molar-refractivity contribution in [3.63, 3.8) is 0 Å². The molecule has 3 N–H and O–H groups in total. The van der Waals surface area contributed by atoms with Crippen LogP contribution in [0.2, 0.25) is 0 Å². The van der Waals surface area contributed by atoms with Crippen LogP contribution >= 0.6 is 6.89 Å². The number of H-pyrrole nitrogens is 1. The van der Waals surface area contributed by atoms with E-state index in [4.69, 9.17) is 4.74 Å². The summed E-state index contributed by atoms with van der Waals surface area (Å²) in [6.45, 7) is 2.88. The molecule has 0 unspecified atom stereocenters. The molecule has 0 aromatic carbocycles. The van der Waals surface area contributed by atoms with Crippen molar-refractivity contribution >= 4 is 13.2 Å². The SMILES string of the molecule is C=P(C)(C)CC[C@H]1O[C@@H](n2c[n+](C)c(=O)[nH]c2=O)[C@H](O)[C@@H]1O. The first kappa shape index (κ1) is 17.1. The van der Waals surface area contributed by atoms with Crippen molar-refractivity contribution in [3.05, 3.63) is 27.3 Å². The fourth-order valence-electron chi connectivity index (χ4n) is 2.39. The van der Waals surface area contributed by atoms with Crippen molar-refractivity contribution in [1.29, 1.82) is 0 Å². The summed E-state index contributed by atoms with van der Waals surface area (Å²) in [6.07, 6.45) is 2.81. The van der Waals surface area contributed by atoms with Crippen molar-refractivity contribution in [1.82, 2.24) is 9.55 Å². The van der Waals surface area contributed by atoms with E-state index in [-0.39, 0.29) is 0 Å². The lowest BCUT2D eigenvalue weighted by Crippen LogP contribution is -2.54. The van der Waals surface area contributed by atoms with Gasteiger partial charge in [0.05, 0.1) is 13.2 Å². The molecule has 0 aliphatic carbocycles. The second-order valence-corrected chi connectivity index (χ2v) is 10.7. The average molecular weight is 332 g/mol. The smallest absolute Gasteiger partial charge is 0.387 e. The Hall–Kier alpha value is -1.21. The molecule has 22 heavy (non-hydrogen) atoms. The molecule has 8 nitrogen and oxygen atoms in total. The van der Waals surface area contributed by atoms with Gasteiger partial charge in [0.1, 0.15) is 12.2 Å². The molecule has 1 saturated heterocycles. The van der Waals surface area contributed by atoms with Gasteiger partial charge in [0, 0.05) is 0 Å². The lowest BCUT2D eigenvalue weighted by Gasteiger charge is -2.18. The van der Waals surface area contributed by atoms with Gasteiger partial charge in [-0.2, -0.15) is 9.55 Å². The molecule has 1 aliphatic rings. The van der Waals surface area contributed by atoms with Gasteiger partial charge in [0.15, 0.2) is 0 Å². The van der Waals surface area contributed by atoms with Crippen LogP contribution in [0.4, 0.5) is 0 Å². The molecule has 124 valence electrons. The third-order valence-electron chi connectivity index (χ3n) is 3.70. The maximum atomic E-state index is 11.9. The minimum Gasteiger partial charge on any atom is -0.387 e. The zero-order valence-corrected chi connectivity index (χ0v) is 13.9. The van der Waals surface area contributed by atoms with Crippen LogP contribution in [0.3, 0.4) is 0 Å². The number of ether oxygens (including phenoxy) is 1. The number of nitrogens with one attached hydrogen (secondary N) is 1. The van der Waals surface area contributed by atoms with Crippen LogP contribution in [0.1, 0.15) is 12.6 Å². The molecule has 0 bridgehead atoms. The van der Waals surface area contributed by atoms with Gasteiger partial charge in [0.25, 0.3) is 0 Å². The molecule has 0 spiro atoms. The van der Waals surface area contributed by atoms with E-state index in [0.29, 0.717) is 6.42 Å². The summed E-state index contributed by atoms with van der Waals surface area (Å²) < 4.78 is 7.91. The fraction of sp³-hybridized carbons (Fsp3) is 0.692. The van der Waals surface area contributed by atoms with Crippen LogP contribution in [0.5, 0.6) is 0 Å². The van der Waals surface area contributed by atoms with Gasteiger partial charge in [-0.15, -0.1) is 13.2 Å². The molecule has 0 amide bonds. The fourth-order valence-corrected chi connectivity index (χ4v) is 3.34. The van der Waals surface area contributed by atoms with Crippen molar-refractivity contribution in [2.24, 2.45) is 7.05 Å². The van der Waals surface area contributed by atoms with Gasteiger partial charge in [-0.25, -0.2) is 14.2 Å². The first-order valence-corrected chi connectivity index (χ1v) is 10.1. The van der Waals surface area contributed by atoms with Gasteiger partial charge in [-0.1, -0.05) is 0 Å². The number of aromatic amines is 1. The Labute approximate surface area is 128 Å². The standard InChI is InChI=1S/C13H22N3O5P/c1-15-7-16(13(20)14-12(15)19)11-10(18)9(17)8(21-11)5-6-22(2,3)4/h7-11,17-18H,2,5-6H2,1,3-4H3/p+1/t8-,9-,10-,11-/m1/s1. The summed E-state index contributed by atoms with van der Waals surface area (Å²) in [7, 11) is 1.47. The van der Waals surface area contributed by atoms with Gasteiger partial charge >= 0.3 is 11.4 Å². The number of aryl methyl sites for hydroxylation is 1. The van der Waals surface area contributed by atoms with E-state index in [1.807, 2.05) is 0 Å². The molecule has 1 aromatic rings. The summed E-state index contributed by atoms with van der Waals surface area (Å²) in [4.78, 5) is 25.4. The summed E-state index contributed by atoms with van der Waals surface area (Å²) >= 11 is 0. The van der Waals surface area contributed by atoms with Gasteiger partial charge < -0.3 is 14.9 Å². The highest BCUT2D eigenvalue weighted by molar-refractivity contribution is 7.72. The van der Waals surface area contributed by atoms with E-state index in [2.05, 4.69) is 24.6 Å². The van der Waals surface area contributed by atoms with Crippen molar-refractivity contribution in [2.75, 3.05) is 19.5 Å². The first-order chi connectivity index (χ1) is 10.1. The monoisotopic (exact) mass is 332 g/mol. The van der Waals surface area contributed by atoms with Crippen LogP contribution in [0.15, 0.2) is 15.9 Å². The molecular formula is C13H23N3O5P+. The topological polar surface area (TPSA) is 108 Å². The number of aliphatic hydroxyl groups excluding tert-OH is 2. The highest BCUT2D eigenvalue weighted by Crippen LogP contribution is 2.39. The molecule has 0 saturated carbocycles. The maximum Gasteiger partial charge on any atom is 0.448 e. The van der Waals surface area contributed by atoms with E-state index in [9.17, 15) is 19.8 Å². The molecular weight excluding hydrogens is 309 g/mol. The second kappa shape index (κ2) is 6.12. The third kappa shape index (κ3) is 3.57. The molecule has 9 heteroatoms. The number of rotatable bonds is 4. The first-order valence-electron chi connectivity index (χ1n) is 7.00. The molecule has 1 aromatic heterocycles. The molecule has 0 radical (unpaired) electrons. The summed E-state index contributed by atoms with van der Waals surface area (Å²) in [6, 6.07) is 0. The number of aliphatic hydroxyl groups is 2.